The lowest BCUT2D eigenvalue weighted by atomic mass is 10.1. The van der Waals surface area contributed by atoms with Crippen molar-refractivity contribution in [2.24, 2.45) is 0 Å². The number of hydrogen-bond acceptors (Lipinski definition) is 5. The van der Waals surface area contributed by atoms with Crippen molar-refractivity contribution >= 4 is 22.9 Å². The lowest BCUT2D eigenvalue weighted by molar-refractivity contribution is 0.0912. The molecular weight excluding hydrogens is 286 g/mol. The van der Waals surface area contributed by atoms with Crippen LogP contribution in [0.2, 0.25) is 0 Å². The molecule has 21 heavy (non-hydrogen) atoms. The Kier molecular flexibility index (Phi) is 4.47. The molecule has 0 radical (unpaired) electrons. The van der Waals surface area contributed by atoms with Crippen LogP contribution in [-0.2, 0) is 5.54 Å². The van der Waals surface area contributed by atoms with Crippen molar-refractivity contribution in [3.8, 4) is 5.75 Å². The lowest BCUT2D eigenvalue weighted by Crippen LogP contribution is -2.40. The molecule has 0 atom stereocenters. The fourth-order valence-corrected chi connectivity index (χ4v) is 2.64. The molecule has 1 aromatic heterocycles. The van der Waals surface area contributed by atoms with Gasteiger partial charge in [-0.05, 0) is 39.0 Å². The number of anilines is 1. The summed E-state index contributed by atoms with van der Waals surface area (Å²) in [5.41, 5.74) is 6.31. The minimum Gasteiger partial charge on any atom is -0.492 e. The Morgan fingerprint density at radius 2 is 2.24 bits per heavy atom. The minimum absolute atomic E-state index is 0.190. The monoisotopic (exact) mass is 305 g/mol. The van der Waals surface area contributed by atoms with Gasteiger partial charge in [0.2, 0.25) is 0 Å². The number of aromatic nitrogens is 1. The van der Waals surface area contributed by atoms with E-state index in [-0.39, 0.29) is 5.91 Å². The van der Waals surface area contributed by atoms with E-state index in [1.807, 2.05) is 26.2 Å². The van der Waals surface area contributed by atoms with Gasteiger partial charge >= 0.3 is 0 Å². The first-order chi connectivity index (χ1) is 9.94. The number of amides is 1. The molecule has 0 fully saturated rings. The van der Waals surface area contributed by atoms with Crippen LogP contribution in [0, 0.1) is 0 Å². The number of rotatable bonds is 5. The number of ether oxygens (including phenoxy) is 1. The van der Waals surface area contributed by atoms with Gasteiger partial charge in [0.1, 0.15) is 10.8 Å². The van der Waals surface area contributed by atoms with E-state index in [2.05, 4.69) is 10.3 Å². The highest BCUT2D eigenvalue weighted by atomic mass is 32.1. The molecule has 112 valence electrons. The minimum atomic E-state index is -0.529. The summed E-state index contributed by atoms with van der Waals surface area (Å²) in [6, 6.07) is 5.04. The fraction of sp³-hybridized carbons (Fsp3) is 0.333. The van der Waals surface area contributed by atoms with Gasteiger partial charge in [-0.2, -0.15) is 0 Å². The van der Waals surface area contributed by atoms with Crippen molar-refractivity contribution in [1.82, 2.24) is 10.3 Å². The number of carbonyl (C=O) groups excluding carboxylic acids is 1. The number of nitrogens with one attached hydrogen (secondary N) is 1. The molecule has 1 heterocycles. The summed E-state index contributed by atoms with van der Waals surface area (Å²) in [5, 5.41) is 5.71. The molecule has 2 rings (SSSR count). The third-order valence-corrected chi connectivity index (χ3v) is 4.06. The molecule has 1 aromatic carbocycles. The van der Waals surface area contributed by atoms with Gasteiger partial charge < -0.3 is 15.8 Å². The molecule has 0 aliphatic carbocycles. The summed E-state index contributed by atoms with van der Waals surface area (Å²) in [5.74, 6) is 0.401. The zero-order valence-corrected chi connectivity index (χ0v) is 13.2. The third-order valence-electron chi connectivity index (χ3n) is 2.96. The molecule has 0 spiro atoms. The first-order valence-corrected chi connectivity index (χ1v) is 7.57. The molecule has 0 saturated carbocycles. The Balaban J connectivity index is 2.15. The Morgan fingerprint density at radius 1 is 1.48 bits per heavy atom. The predicted octanol–water partition coefficient (Wildman–Crippen LogP) is 2.79. The highest BCUT2D eigenvalue weighted by Gasteiger charge is 2.26. The van der Waals surface area contributed by atoms with Crippen LogP contribution in [0.25, 0.3) is 0 Å². The Morgan fingerprint density at radius 3 is 2.81 bits per heavy atom. The number of carbonyl (C=O) groups is 1. The van der Waals surface area contributed by atoms with Gasteiger partial charge in [0, 0.05) is 17.1 Å². The van der Waals surface area contributed by atoms with Gasteiger partial charge in [-0.25, -0.2) is 4.98 Å². The Labute approximate surface area is 128 Å². The van der Waals surface area contributed by atoms with Crippen LogP contribution in [0.4, 0.5) is 5.69 Å². The normalized spacial score (nSPS) is 11.2. The average Bonchev–Trinajstić information content (AvgIpc) is 2.95. The Hall–Kier alpha value is -2.08. The van der Waals surface area contributed by atoms with Crippen LogP contribution in [0.3, 0.4) is 0 Å². The number of thiazole rings is 1. The highest BCUT2D eigenvalue weighted by Crippen LogP contribution is 2.25. The average molecular weight is 305 g/mol. The van der Waals surface area contributed by atoms with E-state index in [0.717, 1.165) is 5.01 Å². The molecule has 5 nitrogen and oxygen atoms in total. The molecule has 1 amide bonds. The van der Waals surface area contributed by atoms with Crippen LogP contribution >= 0.6 is 11.3 Å². The largest absolute Gasteiger partial charge is 0.492 e. The van der Waals surface area contributed by atoms with Crippen LogP contribution < -0.4 is 15.8 Å². The van der Waals surface area contributed by atoms with E-state index >= 15 is 0 Å². The van der Waals surface area contributed by atoms with E-state index in [1.165, 1.54) is 11.3 Å². The van der Waals surface area contributed by atoms with Crippen molar-refractivity contribution in [2.45, 2.75) is 26.3 Å². The summed E-state index contributed by atoms with van der Waals surface area (Å²) in [6.07, 6.45) is 1.72. The maximum Gasteiger partial charge on any atom is 0.252 e. The van der Waals surface area contributed by atoms with Gasteiger partial charge in [-0.1, -0.05) is 0 Å². The van der Waals surface area contributed by atoms with Crippen molar-refractivity contribution in [3.05, 3.63) is 40.3 Å². The van der Waals surface area contributed by atoms with Gasteiger partial charge in [-0.15, -0.1) is 11.3 Å². The molecule has 0 aliphatic heterocycles. The van der Waals surface area contributed by atoms with Crippen molar-refractivity contribution in [1.29, 1.82) is 0 Å². The summed E-state index contributed by atoms with van der Waals surface area (Å²) in [4.78, 5) is 16.6. The number of nitrogen functional groups attached to an aromatic ring is 1. The third kappa shape index (κ3) is 3.52. The molecular formula is C15H19N3O2S. The Bertz CT molecular complexity index is 624. The number of hydrogen-bond donors (Lipinski definition) is 2. The van der Waals surface area contributed by atoms with E-state index in [4.69, 9.17) is 10.5 Å². The van der Waals surface area contributed by atoms with Gasteiger partial charge in [-0.3, -0.25) is 4.79 Å². The number of nitrogens with two attached hydrogens (primary N) is 1. The first kappa shape index (κ1) is 15.3. The van der Waals surface area contributed by atoms with Gasteiger partial charge in [0.15, 0.2) is 0 Å². The smallest absolute Gasteiger partial charge is 0.252 e. The standard InChI is InChI=1S/C15H19N3O2S/c1-4-20-12-6-5-10(9-11(12)16)13(19)18-15(2,3)14-17-7-8-21-14/h5-9H,4,16H2,1-3H3,(H,18,19). The number of nitrogens with zero attached hydrogens (tertiary/aromatic N) is 1. The second kappa shape index (κ2) is 6.13. The molecule has 0 aliphatic rings. The number of benzene rings is 1. The van der Waals surface area contributed by atoms with Crippen LogP contribution in [0.5, 0.6) is 5.75 Å². The molecule has 2 aromatic rings. The van der Waals surface area contributed by atoms with Crippen LogP contribution in [0.15, 0.2) is 29.8 Å². The molecule has 3 N–H and O–H groups in total. The maximum atomic E-state index is 12.3. The quantitative estimate of drug-likeness (QED) is 0.833. The molecule has 6 heteroatoms. The van der Waals surface area contributed by atoms with Crippen molar-refractivity contribution < 1.29 is 9.53 Å². The molecule has 0 bridgehead atoms. The summed E-state index contributed by atoms with van der Waals surface area (Å²) >= 11 is 1.51. The van der Waals surface area contributed by atoms with Crippen LogP contribution in [0.1, 0.15) is 36.1 Å². The molecule has 0 unspecified atom stereocenters. The van der Waals surface area contributed by atoms with Gasteiger partial charge in [0.25, 0.3) is 5.91 Å². The molecule has 0 saturated heterocycles. The van der Waals surface area contributed by atoms with Gasteiger partial charge in [0.05, 0.1) is 17.8 Å². The van der Waals surface area contributed by atoms with E-state index in [1.54, 1.807) is 24.4 Å². The lowest BCUT2D eigenvalue weighted by Gasteiger charge is -2.24. The van der Waals surface area contributed by atoms with E-state index < -0.39 is 5.54 Å². The maximum absolute atomic E-state index is 12.3. The van der Waals surface area contributed by atoms with E-state index in [0.29, 0.717) is 23.6 Å². The predicted molar refractivity (Wildman–Crippen MR) is 84.6 cm³/mol. The topological polar surface area (TPSA) is 77.2 Å². The summed E-state index contributed by atoms with van der Waals surface area (Å²) in [6.45, 7) is 6.26. The second-order valence-corrected chi connectivity index (χ2v) is 6.00. The van der Waals surface area contributed by atoms with Crippen molar-refractivity contribution in [3.63, 3.8) is 0 Å². The first-order valence-electron chi connectivity index (χ1n) is 6.69. The highest BCUT2D eigenvalue weighted by molar-refractivity contribution is 7.09. The van der Waals surface area contributed by atoms with Crippen molar-refractivity contribution in [2.75, 3.05) is 12.3 Å². The SMILES string of the molecule is CCOc1ccc(C(=O)NC(C)(C)c2nccs2)cc1N. The second-order valence-electron chi connectivity index (χ2n) is 5.10. The summed E-state index contributed by atoms with van der Waals surface area (Å²) < 4.78 is 5.37. The van der Waals surface area contributed by atoms with E-state index in [9.17, 15) is 4.79 Å². The fourth-order valence-electron chi connectivity index (χ4n) is 1.92. The zero-order chi connectivity index (χ0) is 15.5. The van der Waals surface area contributed by atoms with Crippen LogP contribution in [-0.4, -0.2) is 17.5 Å². The zero-order valence-electron chi connectivity index (χ0n) is 12.3. The summed E-state index contributed by atoms with van der Waals surface area (Å²) in [7, 11) is 0.